The fraction of sp³-hybridized carbons (Fsp3) is 0.158. The van der Waals surface area contributed by atoms with E-state index in [1.54, 1.807) is 18.5 Å². The molecule has 0 atom stereocenters. The van der Waals surface area contributed by atoms with E-state index < -0.39 is 0 Å². The summed E-state index contributed by atoms with van der Waals surface area (Å²) in [6.07, 6.45) is 11.2. The summed E-state index contributed by atoms with van der Waals surface area (Å²) in [5, 5.41) is 6.83. The van der Waals surface area contributed by atoms with Crippen molar-refractivity contribution in [2.45, 2.75) is 39.5 Å². The van der Waals surface area contributed by atoms with Crippen LogP contribution in [-0.4, -0.2) is 26.3 Å². The number of amides is 2. The van der Waals surface area contributed by atoms with Gasteiger partial charge in [0.2, 0.25) is 0 Å². The second kappa shape index (κ2) is 13.4. The number of rotatable bonds is 10. The molecule has 2 heterocycles. The van der Waals surface area contributed by atoms with E-state index in [9.17, 15) is 9.59 Å². The number of anilines is 2. The summed E-state index contributed by atoms with van der Waals surface area (Å²) < 4.78 is 2.02. The van der Waals surface area contributed by atoms with Gasteiger partial charge in [0.25, 0.3) is 11.8 Å². The Kier molecular flexibility index (Phi) is 8.78. The number of fused-ring (bicyclic) bond motifs is 1. The van der Waals surface area contributed by atoms with Crippen molar-refractivity contribution in [2.75, 3.05) is 10.6 Å². The van der Waals surface area contributed by atoms with Crippen molar-refractivity contribution in [3.05, 3.63) is 149 Å². The standard InChI is InChI=1S/C38H35N5O2/c1-26-20-34(36(21-27(26)2)42-37(44)31-23-30-11-5-6-13-35(30)40-24-31)38(45)41-32-16-14-28(15-17-32)8-3-4-9-29-10-7-12-33(22-29)43-19-18-39-25-43/h5-7,10-25H,3-4,8-9H2,1-2H3,(H,41,45)(H,42,44). The van der Waals surface area contributed by atoms with Crippen LogP contribution < -0.4 is 10.6 Å². The summed E-state index contributed by atoms with van der Waals surface area (Å²) in [5.41, 5.74) is 8.43. The molecule has 6 aromatic rings. The van der Waals surface area contributed by atoms with Gasteiger partial charge in [-0.05, 0) is 110 Å². The number of benzene rings is 4. The van der Waals surface area contributed by atoms with Crippen LogP contribution in [0.15, 0.2) is 116 Å². The van der Waals surface area contributed by atoms with Crippen molar-refractivity contribution >= 4 is 34.1 Å². The molecular formula is C38H35N5O2. The van der Waals surface area contributed by atoms with Crippen LogP contribution in [0.4, 0.5) is 11.4 Å². The normalized spacial score (nSPS) is 11.0. The number of pyridine rings is 1. The van der Waals surface area contributed by atoms with Crippen molar-refractivity contribution in [3.63, 3.8) is 0 Å². The number of para-hydroxylation sites is 1. The highest BCUT2D eigenvalue weighted by molar-refractivity contribution is 6.13. The molecule has 7 heteroatoms. The van der Waals surface area contributed by atoms with Crippen LogP contribution in [0, 0.1) is 13.8 Å². The van der Waals surface area contributed by atoms with Gasteiger partial charge in [-0.2, -0.15) is 0 Å². The Morgan fingerprint density at radius 1 is 0.756 bits per heavy atom. The molecule has 7 nitrogen and oxygen atoms in total. The van der Waals surface area contributed by atoms with Crippen LogP contribution in [0.2, 0.25) is 0 Å². The highest BCUT2D eigenvalue weighted by Gasteiger charge is 2.17. The van der Waals surface area contributed by atoms with Gasteiger partial charge in [0.1, 0.15) is 0 Å². The molecule has 0 aliphatic carbocycles. The molecule has 0 fully saturated rings. The van der Waals surface area contributed by atoms with Crippen LogP contribution >= 0.6 is 0 Å². The number of carbonyl (C=O) groups is 2. The van der Waals surface area contributed by atoms with E-state index in [0.29, 0.717) is 22.5 Å². The number of hydrogen-bond acceptors (Lipinski definition) is 4. The molecule has 0 unspecified atom stereocenters. The lowest BCUT2D eigenvalue weighted by molar-refractivity contribution is 0.102. The summed E-state index contributed by atoms with van der Waals surface area (Å²) in [5.74, 6) is -0.600. The lowest BCUT2D eigenvalue weighted by Gasteiger charge is -2.15. The molecule has 4 aromatic carbocycles. The van der Waals surface area contributed by atoms with Crippen molar-refractivity contribution in [1.29, 1.82) is 0 Å². The third-order valence-corrected chi connectivity index (χ3v) is 8.09. The number of hydrogen-bond donors (Lipinski definition) is 2. The Morgan fingerprint density at radius 3 is 2.33 bits per heavy atom. The van der Waals surface area contributed by atoms with Gasteiger partial charge in [-0.25, -0.2) is 4.98 Å². The Bertz CT molecular complexity index is 1960. The van der Waals surface area contributed by atoms with E-state index in [0.717, 1.165) is 53.4 Å². The minimum Gasteiger partial charge on any atom is -0.322 e. The van der Waals surface area contributed by atoms with E-state index >= 15 is 0 Å². The molecule has 224 valence electrons. The number of unbranched alkanes of at least 4 members (excludes halogenated alkanes) is 1. The second-order valence-corrected chi connectivity index (χ2v) is 11.4. The first-order valence-corrected chi connectivity index (χ1v) is 15.2. The van der Waals surface area contributed by atoms with Gasteiger partial charge in [-0.15, -0.1) is 0 Å². The van der Waals surface area contributed by atoms with Gasteiger partial charge in [0.15, 0.2) is 0 Å². The monoisotopic (exact) mass is 593 g/mol. The van der Waals surface area contributed by atoms with Crippen molar-refractivity contribution in [1.82, 2.24) is 14.5 Å². The fourth-order valence-electron chi connectivity index (χ4n) is 5.39. The lowest BCUT2D eigenvalue weighted by atomic mass is 10.0. The minimum atomic E-state index is -0.319. The molecule has 2 N–H and O–H groups in total. The predicted octanol–water partition coefficient (Wildman–Crippen LogP) is 8.11. The maximum absolute atomic E-state index is 13.4. The van der Waals surface area contributed by atoms with Crippen LogP contribution in [0.3, 0.4) is 0 Å². The van der Waals surface area contributed by atoms with Crippen LogP contribution in [0.1, 0.15) is 55.8 Å². The molecule has 0 aliphatic heterocycles. The zero-order valence-electron chi connectivity index (χ0n) is 25.5. The average molecular weight is 594 g/mol. The molecule has 0 radical (unpaired) electrons. The van der Waals surface area contributed by atoms with Gasteiger partial charge in [0.05, 0.1) is 28.7 Å². The molecule has 6 rings (SSSR count). The zero-order valence-corrected chi connectivity index (χ0v) is 25.5. The van der Waals surface area contributed by atoms with Crippen molar-refractivity contribution in [3.8, 4) is 5.69 Å². The first-order chi connectivity index (χ1) is 21.9. The Hall–Kier alpha value is -5.56. The summed E-state index contributed by atoms with van der Waals surface area (Å²) in [6, 6.07) is 29.7. The molecule has 2 amide bonds. The van der Waals surface area contributed by atoms with Gasteiger partial charge in [-0.3, -0.25) is 14.6 Å². The average Bonchev–Trinajstić information content (AvgIpc) is 3.61. The molecule has 0 saturated heterocycles. The number of imidazole rings is 1. The second-order valence-electron chi connectivity index (χ2n) is 11.4. The van der Waals surface area contributed by atoms with E-state index in [-0.39, 0.29) is 11.8 Å². The van der Waals surface area contributed by atoms with Gasteiger partial charge >= 0.3 is 0 Å². The number of nitrogens with zero attached hydrogens (tertiary/aromatic N) is 3. The first-order valence-electron chi connectivity index (χ1n) is 15.2. The smallest absolute Gasteiger partial charge is 0.257 e. The summed E-state index contributed by atoms with van der Waals surface area (Å²) in [4.78, 5) is 35.2. The minimum absolute atomic E-state index is 0.282. The number of carbonyl (C=O) groups excluding carboxylic acids is 2. The van der Waals surface area contributed by atoms with E-state index in [4.69, 9.17) is 0 Å². The third kappa shape index (κ3) is 7.16. The molecular weight excluding hydrogens is 558 g/mol. The zero-order chi connectivity index (χ0) is 31.2. The number of nitrogens with one attached hydrogen (secondary N) is 2. The van der Waals surface area contributed by atoms with Gasteiger partial charge in [-0.1, -0.05) is 42.5 Å². The highest BCUT2D eigenvalue weighted by Crippen LogP contribution is 2.24. The quantitative estimate of drug-likeness (QED) is 0.157. The first kappa shape index (κ1) is 29.5. The number of aromatic nitrogens is 3. The Balaban J connectivity index is 1.06. The molecule has 2 aromatic heterocycles. The van der Waals surface area contributed by atoms with Crippen LogP contribution in [-0.2, 0) is 12.8 Å². The molecule has 0 saturated carbocycles. The maximum atomic E-state index is 13.4. The van der Waals surface area contributed by atoms with E-state index in [1.165, 1.54) is 11.1 Å². The lowest BCUT2D eigenvalue weighted by Crippen LogP contribution is -2.19. The summed E-state index contributed by atoms with van der Waals surface area (Å²) in [7, 11) is 0. The third-order valence-electron chi connectivity index (χ3n) is 8.09. The summed E-state index contributed by atoms with van der Waals surface area (Å²) in [6.45, 7) is 3.91. The Morgan fingerprint density at radius 2 is 1.53 bits per heavy atom. The van der Waals surface area contributed by atoms with Gasteiger partial charge < -0.3 is 15.2 Å². The summed E-state index contributed by atoms with van der Waals surface area (Å²) >= 11 is 0. The maximum Gasteiger partial charge on any atom is 0.257 e. The van der Waals surface area contributed by atoms with Crippen LogP contribution in [0.25, 0.3) is 16.6 Å². The van der Waals surface area contributed by atoms with Crippen molar-refractivity contribution in [2.24, 2.45) is 0 Å². The van der Waals surface area contributed by atoms with Gasteiger partial charge in [0, 0.05) is 35.4 Å². The SMILES string of the molecule is Cc1cc(NC(=O)c2cnc3ccccc3c2)c(C(=O)Nc2ccc(CCCCc3cccc(-n4ccnc4)c3)cc2)cc1C. The topological polar surface area (TPSA) is 88.9 Å². The van der Waals surface area contributed by atoms with Crippen LogP contribution in [0.5, 0.6) is 0 Å². The van der Waals surface area contributed by atoms with E-state index in [2.05, 4.69) is 57.0 Å². The molecule has 0 bridgehead atoms. The van der Waals surface area contributed by atoms with E-state index in [1.807, 2.05) is 79.5 Å². The predicted molar refractivity (Wildman–Crippen MR) is 180 cm³/mol. The molecule has 0 spiro atoms. The molecule has 0 aliphatic rings. The molecule has 45 heavy (non-hydrogen) atoms. The fourth-order valence-corrected chi connectivity index (χ4v) is 5.39. The highest BCUT2D eigenvalue weighted by atomic mass is 16.2. The Labute approximate surface area is 263 Å². The van der Waals surface area contributed by atoms with Crippen molar-refractivity contribution < 1.29 is 9.59 Å². The number of aryl methyl sites for hydroxylation is 4. The largest absolute Gasteiger partial charge is 0.322 e.